The molecule has 0 saturated carbocycles. The van der Waals surface area contributed by atoms with E-state index in [1.54, 1.807) is 24.3 Å². The molecule has 2 aromatic carbocycles. The Hall–Kier alpha value is -1.92. The van der Waals surface area contributed by atoms with E-state index in [4.69, 9.17) is 4.74 Å². The van der Waals surface area contributed by atoms with Gasteiger partial charge >= 0.3 is 0 Å². The summed E-state index contributed by atoms with van der Waals surface area (Å²) < 4.78 is 6.24. The maximum atomic E-state index is 12.3. The van der Waals surface area contributed by atoms with E-state index in [1.807, 2.05) is 35.7 Å². The number of hydrogen-bond donors (Lipinski definition) is 0. The topological polar surface area (TPSA) is 46.6 Å². The zero-order valence-corrected chi connectivity index (χ0v) is 15.1. The third kappa shape index (κ3) is 3.28. The first-order chi connectivity index (χ1) is 12.2. The molecule has 1 saturated heterocycles. The number of carbonyl (C=O) groups is 2. The van der Waals surface area contributed by atoms with Crippen molar-refractivity contribution in [3.05, 3.63) is 65.2 Å². The van der Waals surface area contributed by atoms with E-state index < -0.39 is 0 Å². The van der Waals surface area contributed by atoms with Crippen LogP contribution in [0.2, 0.25) is 0 Å². The molecule has 2 heterocycles. The van der Waals surface area contributed by atoms with Gasteiger partial charge in [-0.2, -0.15) is 0 Å². The third-order valence-corrected chi connectivity index (χ3v) is 7.34. The van der Waals surface area contributed by atoms with Crippen molar-refractivity contribution in [2.24, 2.45) is 0 Å². The predicted molar refractivity (Wildman–Crippen MR) is 101 cm³/mol. The summed E-state index contributed by atoms with van der Waals surface area (Å²) in [5.41, 5.74) is 2.26. The molecule has 0 atom stereocenters. The van der Waals surface area contributed by atoms with E-state index in [9.17, 15) is 9.59 Å². The predicted octanol–water partition coefficient (Wildman–Crippen LogP) is 3.84. The second kappa shape index (κ2) is 7.14. The van der Waals surface area contributed by atoms with Gasteiger partial charge in [0.1, 0.15) is 12.4 Å². The highest BCUT2D eigenvalue weighted by molar-refractivity contribution is 8.19. The van der Waals surface area contributed by atoms with E-state index in [-0.39, 0.29) is 25.0 Å². The summed E-state index contributed by atoms with van der Waals surface area (Å²) in [4.78, 5) is 25.8. The normalized spacial score (nSPS) is 17.2. The van der Waals surface area contributed by atoms with Gasteiger partial charge in [-0.3, -0.25) is 14.5 Å². The average Bonchev–Trinajstić information content (AvgIpc) is 3.26. The molecule has 0 aromatic heterocycles. The smallest absolute Gasteiger partial charge is 0.261 e. The Morgan fingerprint density at radius 3 is 2.12 bits per heavy atom. The van der Waals surface area contributed by atoms with Gasteiger partial charge in [0, 0.05) is 11.5 Å². The van der Waals surface area contributed by atoms with Crippen molar-refractivity contribution in [2.75, 3.05) is 24.7 Å². The summed E-state index contributed by atoms with van der Waals surface area (Å²) in [7, 11) is 0. The van der Waals surface area contributed by atoms with E-state index in [0.29, 0.717) is 15.7 Å². The lowest BCUT2D eigenvalue weighted by Gasteiger charge is -2.15. The van der Waals surface area contributed by atoms with Gasteiger partial charge in [-0.25, -0.2) is 0 Å². The van der Waals surface area contributed by atoms with Crippen molar-refractivity contribution >= 4 is 35.3 Å². The van der Waals surface area contributed by atoms with Crippen LogP contribution >= 0.6 is 23.5 Å². The number of thioether (sulfide) groups is 2. The maximum absolute atomic E-state index is 12.3. The number of carbonyl (C=O) groups excluding carboxylic acids is 2. The Bertz CT molecular complexity index is 766. The molecule has 4 nitrogen and oxygen atoms in total. The Kier molecular flexibility index (Phi) is 4.72. The number of hydrogen-bond acceptors (Lipinski definition) is 5. The van der Waals surface area contributed by atoms with Gasteiger partial charge in [0.2, 0.25) is 0 Å². The molecular weight excluding hydrogens is 354 g/mol. The fourth-order valence-corrected chi connectivity index (χ4v) is 5.83. The van der Waals surface area contributed by atoms with Gasteiger partial charge in [-0.15, -0.1) is 23.5 Å². The van der Waals surface area contributed by atoms with Crippen LogP contribution in [0.4, 0.5) is 0 Å². The standard InChI is InChI=1S/C19H17NO3S2/c21-17-15-3-1-2-4-16(15)18(22)20(17)9-10-23-14-7-5-13(6-8-14)19-24-11-12-25-19/h1-8,19H,9-12H2. The second-order valence-electron chi connectivity index (χ2n) is 5.80. The molecule has 0 unspecified atom stereocenters. The lowest BCUT2D eigenvalue weighted by Crippen LogP contribution is -2.33. The Morgan fingerprint density at radius 2 is 1.52 bits per heavy atom. The first-order valence-corrected chi connectivity index (χ1v) is 10.2. The lowest BCUT2D eigenvalue weighted by molar-refractivity contribution is 0.0631. The van der Waals surface area contributed by atoms with Gasteiger partial charge in [0.15, 0.2) is 0 Å². The molecule has 0 aliphatic carbocycles. The van der Waals surface area contributed by atoms with Crippen LogP contribution in [0.25, 0.3) is 0 Å². The summed E-state index contributed by atoms with van der Waals surface area (Å²) in [5.74, 6) is 2.68. The van der Waals surface area contributed by atoms with E-state index in [0.717, 1.165) is 5.75 Å². The van der Waals surface area contributed by atoms with Gasteiger partial charge in [-0.1, -0.05) is 24.3 Å². The highest BCUT2D eigenvalue weighted by Gasteiger charge is 2.34. The third-order valence-electron chi connectivity index (χ3n) is 4.24. The highest BCUT2D eigenvalue weighted by atomic mass is 32.2. The minimum atomic E-state index is -0.241. The quantitative estimate of drug-likeness (QED) is 0.748. The molecule has 2 aliphatic heterocycles. The average molecular weight is 371 g/mol. The molecule has 0 radical (unpaired) electrons. The van der Waals surface area contributed by atoms with Crippen LogP contribution in [0.3, 0.4) is 0 Å². The van der Waals surface area contributed by atoms with Crippen LogP contribution in [-0.4, -0.2) is 41.4 Å². The highest BCUT2D eigenvalue weighted by Crippen LogP contribution is 2.45. The minimum Gasteiger partial charge on any atom is -0.492 e. The van der Waals surface area contributed by atoms with Crippen molar-refractivity contribution in [1.29, 1.82) is 0 Å². The maximum Gasteiger partial charge on any atom is 0.261 e. The number of nitrogens with zero attached hydrogens (tertiary/aromatic N) is 1. The molecule has 2 amide bonds. The molecule has 2 aliphatic rings. The van der Waals surface area contributed by atoms with E-state index in [2.05, 4.69) is 12.1 Å². The van der Waals surface area contributed by atoms with Crippen LogP contribution in [0, 0.1) is 0 Å². The largest absolute Gasteiger partial charge is 0.492 e. The summed E-state index contributed by atoms with van der Waals surface area (Å²) in [6.07, 6.45) is 0. The molecule has 1 fully saturated rings. The SMILES string of the molecule is O=C1c2ccccc2C(=O)N1CCOc1ccc(C2SCCS2)cc1. The fraction of sp³-hybridized carbons (Fsp3) is 0.263. The minimum absolute atomic E-state index is 0.241. The molecule has 0 N–H and O–H groups in total. The van der Waals surface area contributed by atoms with E-state index >= 15 is 0 Å². The number of ether oxygens (including phenoxy) is 1. The van der Waals surface area contributed by atoms with Crippen LogP contribution in [0.5, 0.6) is 5.75 Å². The van der Waals surface area contributed by atoms with Crippen molar-refractivity contribution in [3.8, 4) is 5.75 Å². The summed E-state index contributed by atoms with van der Waals surface area (Å²) in [6.45, 7) is 0.542. The molecule has 2 aromatic rings. The van der Waals surface area contributed by atoms with E-state index in [1.165, 1.54) is 22.0 Å². The molecule has 25 heavy (non-hydrogen) atoms. The Balaban J connectivity index is 1.34. The van der Waals surface area contributed by atoms with Crippen LogP contribution in [0.1, 0.15) is 30.9 Å². The number of amides is 2. The first kappa shape index (κ1) is 16.5. The zero-order chi connectivity index (χ0) is 17.2. The monoisotopic (exact) mass is 371 g/mol. The zero-order valence-electron chi connectivity index (χ0n) is 13.5. The van der Waals surface area contributed by atoms with Crippen LogP contribution < -0.4 is 4.74 Å². The van der Waals surface area contributed by atoms with Crippen molar-refractivity contribution < 1.29 is 14.3 Å². The van der Waals surface area contributed by atoms with Gasteiger partial charge in [0.25, 0.3) is 11.8 Å². The molecular formula is C19H17NO3S2. The second-order valence-corrected chi connectivity index (χ2v) is 8.52. The molecule has 0 spiro atoms. The number of fused-ring (bicyclic) bond motifs is 1. The lowest BCUT2D eigenvalue weighted by atomic mass is 10.1. The number of rotatable bonds is 5. The molecule has 6 heteroatoms. The molecule has 128 valence electrons. The van der Waals surface area contributed by atoms with Crippen molar-refractivity contribution in [3.63, 3.8) is 0 Å². The van der Waals surface area contributed by atoms with Gasteiger partial charge < -0.3 is 4.74 Å². The number of imide groups is 1. The van der Waals surface area contributed by atoms with Gasteiger partial charge in [0.05, 0.1) is 22.3 Å². The van der Waals surface area contributed by atoms with Crippen molar-refractivity contribution in [2.45, 2.75) is 4.58 Å². The summed E-state index contributed by atoms with van der Waals surface area (Å²) >= 11 is 3.94. The van der Waals surface area contributed by atoms with Crippen molar-refractivity contribution in [1.82, 2.24) is 4.90 Å². The Morgan fingerprint density at radius 1 is 0.920 bits per heavy atom. The molecule has 0 bridgehead atoms. The number of benzene rings is 2. The summed E-state index contributed by atoms with van der Waals surface area (Å²) in [6, 6.07) is 15.0. The van der Waals surface area contributed by atoms with Gasteiger partial charge in [-0.05, 0) is 29.8 Å². The fourth-order valence-electron chi connectivity index (χ4n) is 2.97. The first-order valence-electron chi connectivity index (χ1n) is 8.15. The molecule has 4 rings (SSSR count). The van der Waals surface area contributed by atoms with Crippen LogP contribution in [0.15, 0.2) is 48.5 Å². The van der Waals surface area contributed by atoms with Crippen LogP contribution in [-0.2, 0) is 0 Å². The summed E-state index contributed by atoms with van der Waals surface area (Å²) in [5, 5.41) is 0. The Labute approximate surface area is 154 Å².